The molecule has 0 aliphatic carbocycles. The van der Waals surface area contributed by atoms with Gasteiger partial charge in [-0.1, -0.05) is 24.3 Å². The van der Waals surface area contributed by atoms with Crippen LogP contribution in [0.2, 0.25) is 0 Å². The highest BCUT2D eigenvalue weighted by atomic mass is 16.2. The summed E-state index contributed by atoms with van der Waals surface area (Å²) in [5, 5.41) is 4.39. The normalized spacial score (nSPS) is 13.9. The largest absolute Gasteiger partial charge is 0.334 e. The summed E-state index contributed by atoms with van der Waals surface area (Å²) in [6, 6.07) is 7.35. The van der Waals surface area contributed by atoms with E-state index in [0.717, 1.165) is 4.90 Å². The van der Waals surface area contributed by atoms with E-state index in [4.69, 9.17) is 0 Å². The number of para-hydroxylation sites is 1. The van der Waals surface area contributed by atoms with Crippen molar-refractivity contribution in [3.8, 4) is 0 Å². The summed E-state index contributed by atoms with van der Waals surface area (Å²) in [6.07, 6.45) is 1.45. The zero-order valence-electron chi connectivity index (χ0n) is 12.3. The number of amides is 6. The van der Waals surface area contributed by atoms with Crippen molar-refractivity contribution in [2.45, 2.75) is 0 Å². The minimum absolute atomic E-state index is 0.140. The Hall–Kier alpha value is -3.16. The summed E-state index contributed by atoms with van der Waals surface area (Å²) in [5.74, 6) is -1.25. The molecule has 1 aliphatic rings. The van der Waals surface area contributed by atoms with Crippen LogP contribution in [0, 0.1) is 0 Å². The smallest absolute Gasteiger partial charge is 0.332 e. The molecule has 0 radical (unpaired) electrons. The predicted molar refractivity (Wildman–Crippen MR) is 82.6 cm³/mol. The van der Waals surface area contributed by atoms with Crippen molar-refractivity contribution in [3.63, 3.8) is 0 Å². The molecule has 1 saturated heterocycles. The van der Waals surface area contributed by atoms with Gasteiger partial charge in [0, 0.05) is 12.2 Å². The fourth-order valence-corrected chi connectivity index (χ4v) is 2.02. The van der Waals surface area contributed by atoms with Gasteiger partial charge < -0.3 is 5.32 Å². The second kappa shape index (κ2) is 7.21. The lowest BCUT2D eigenvalue weighted by Gasteiger charge is -2.16. The molecule has 8 heteroatoms. The summed E-state index contributed by atoms with van der Waals surface area (Å²) in [7, 11) is 0. The molecular formula is C15H16N4O4. The lowest BCUT2D eigenvalue weighted by molar-refractivity contribution is -0.130. The van der Waals surface area contributed by atoms with Crippen molar-refractivity contribution < 1.29 is 19.2 Å². The van der Waals surface area contributed by atoms with Crippen molar-refractivity contribution in [1.29, 1.82) is 0 Å². The van der Waals surface area contributed by atoms with Crippen molar-refractivity contribution in [3.05, 3.63) is 43.0 Å². The average Bonchev–Trinajstić information content (AvgIpc) is 2.82. The van der Waals surface area contributed by atoms with Gasteiger partial charge in [0.1, 0.15) is 13.1 Å². The fourth-order valence-electron chi connectivity index (χ4n) is 2.02. The Morgan fingerprint density at radius 3 is 2.57 bits per heavy atom. The predicted octanol–water partition coefficient (Wildman–Crippen LogP) is 0.467. The Bertz CT molecular complexity index is 644. The molecule has 0 unspecified atom stereocenters. The van der Waals surface area contributed by atoms with Crippen LogP contribution in [0.15, 0.2) is 43.0 Å². The second-order valence-corrected chi connectivity index (χ2v) is 4.73. The van der Waals surface area contributed by atoms with Crippen molar-refractivity contribution in [2.24, 2.45) is 0 Å². The molecule has 1 fully saturated rings. The number of hydrogen-bond acceptors (Lipinski definition) is 4. The maximum atomic E-state index is 12.2. The van der Waals surface area contributed by atoms with E-state index in [9.17, 15) is 19.2 Å². The van der Waals surface area contributed by atoms with Gasteiger partial charge in [0.15, 0.2) is 0 Å². The van der Waals surface area contributed by atoms with Crippen LogP contribution in [0.25, 0.3) is 0 Å². The van der Waals surface area contributed by atoms with Gasteiger partial charge in [0.05, 0.1) is 0 Å². The third-order valence-electron chi connectivity index (χ3n) is 3.09. The van der Waals surface area contributed by atoms with E-state index in [1.807, 2.05) is 5.32 Å². The first-order chi connectivity index (χ1) is 11.0. The minimum atomic E-state index is -0.747. The molecule has 0 saturated carbocycles. The summed E-state index contributed by atoms with van der Waals surface area (Å²) in [6.45, 7) is 2.97. The van der Waals surface area contributed by atoms with Gasteiger partial charge >= 0.3 is 12.1 Å². The van der Waals surface area contributed by atoms with E-state index >= 15 is 0 Å². The van der Waals surface area contributed by atoms with Gasteiger partial charge in [-0.3, -0.25) is 24.7 Å². The molecule has 2 N–H and O–H groups in total. The van der Waals surface area contributed by atoms with Gasteiger partial charge in [-0.25, -0.2) is 9.59 Å². The molecule has 1 heterocycles. The summed E-state index contributed by atoms with van der Waals surface area (Å²) >= 11 is 0. The fraction of sp³-hybridized carbons (Fsp3) is 0.200. The zero-order chi connectivity index (χ0) is 16.8. The van der Waals surface area contributed by atoms with Crippen LogP contribution in [0.5, 0.6) is 0 Å². The van der Waals surface area contributed by atoms with E-state index in [2.05, 4.69) is 11.9 Å². The van der Waals surface area contributed by atoms with Crippen molar-refractivity contribution in [1.82, 2.24) is 15.5 Å². The maximum Gasteiger partial charge on any atom is 0.332 e. The van der Waals surface area contributed by atoms with Crippen LogP contribution in [0.4, 0.5) is 15.3 Å². The zero-order valence-corrected chi connectivity index (χ0v) is 12.3. The molecule has 0 bridgehead atoms. The standard InChI is InChI=1S/C15H16N4O4/c1-2-8-16-14(22)17-12(20)9-19-13(21)10-18(15(19)23)11-6-4-3-5-7-11/h2-7H,1,8-10H2,(H2,16,17,20,22). The number of carbonyl (C=O) groups excluding carboxylic acids is 4. The van der Waals surface area contributed by atoms with E-state index in [1.165, 1.54) is 11.0 Å². The number of rotatable bonds is 5. The minimum Gasteiger partial charge on any atom is -0.334 e. The SMILES string of the molecule is C=CCNC(=O)NC(=O)CN1C(=O)CN(c2ccccc2)C1=O. The first kappa shape index (κ1) is 16.2. The molecule has 2 rings (SSSR count). The Labute approximate surface area is 132 Å². The molecule has 1 aliphatic heterocycles. The number of benzene rings is 1. The van der Waals surface area contributed by atoms with Crippen molar-refractivity contribution >= 4 is 29.6 Å². The third kappa shape index (κ3) is 3.94. The summed E-state index contributed by atoms with van der Waals surface area (Å²) in [5.41, 5.74) is 0.567. The van der Waals surface area contributed by atoms with Crippen molar-refractivity contribution in [2.75, 3.05) is 24.5 Å². The molecule has 0 aromatic heterocycles. The third-order valence-corrected chi connectivity index (χ3v) is 3.09. The number of nitrogens with one attached hydrogen (secondary N) is 2. The lowest BCUT2D eigenvalue weighted by Crippen LogP contribution is -2.46. The van der Waals surface area contributed by atoms with Crippen LogP contribution in [0.1, 0.15) is 0 Å². The number of carbonyl (C=O) groups is 4. The van der Waals surface area contributed by atoms with E-state index in [0.29, 0.717) is 5.69 Å². The number of hydrogen-bond donors (Lipinski definition) is 2. The molecule has 120 valence electrons. The van der Waals surface area contributed by atoms with Gasteiger partial charge in [0.2, 0.25) is 5.91 Å². The quantitative estimate of drug-likeness (QED) is 0.609. The Kier molecular flexibility index (Phi) is 5.08. The second-order valence-electron chi connectivity index (χ2n) is 4.73. The number of imide groups is 2. The van der Waals surface area contributed by atoms with Crippen LogP contribution >= 0.6 is 0 Å². The molecule has 23 heavy (non-hydrogen) atoms. The van der Waals surface area contributed by atoms with Gasteiger partial charge in [-0.2, -0.15) is 0 Å². The molecule has 1 aromatic carbocycles. The highest BCUT2D eigenvalue weighted by Crippen LogP contribution is 2.20. The number of anilines is 1. The van der Waals surface area contributed by atoms with E-state index in [-0.39, 0.29) is 13.1 Å². The number of nitrogens with zero attached hydrogens (tertiary/aromatic N) is 2. The lowest BCUT2D eigenvalue weighted by atomic mass is 10.3. The molecule has 0 atom stereocenters. The Morgan fingerprint density at radius 2 is 1.91 bits per heavy atom. The number of urea groups is 2. The van der Waals surface area contributed by atoms with Crippen LogP contribution in [0.3, 0.4) is 0 Å². The first-order valence-electron chi connectivity index (χ1n) is 6.88. The molecular weight excluding hydrogens is 300 g/mol. The van der Waals surface area contributed by atoms with Gasteiger partial charge in [0.25, 0.3) is 5.91 Å². The molecule has 6 amide bonds. The summed E-state index contributed by atoms with van der Waals surface area (Å²) < 4.78 is 0. The molecule has 1 aromatic rings. The highest BCUT2D eigenvalue weighted by molar-refractivity contribution is 6.14. The van der Waals surface area contributed by atoms with E-state index < -0.39 is 30.4 Å². The van der Waals surface area contributed by atoms with Gasteiger partial charge in [-0.05, 0) is 12.1 Å². The summed E-state index contributed by atoms with van der Waals surface area (Å²) in [4.78, 5) is 49.3. The molecule has 8 nitrogen and oxygen atoms in total. The van der Waals surface area contributed by atoms with Crippen LogP contribution in [-0.4, -0.2) is 48.4 Å². The Balaban J connectivity index is 1.97. The van der Waals surface area contributed by atoms with Crippen LogP contribution in [-0.2, 0) is 9.59 Å². The monoisotopic (exact) mass is 316 g/mol. The average molecular weight is 316 g/mol. The topological polar surface area (TPSA) is 98.8 Å². The van der Waals surface area contributed by atoms with Crippen LogP contribution < -0.4 is 15.5 Å². The Morgan fingerprint density at radius 1 is 1.22 bits per heavy atom. The highest BCUT2D eigenvalue weighted by Gasteiger charge is 2.38. The first-order valence-corrected chi connectivity index (χ1v) is 6.88. The van der Waals surface area contributed by atoms with E-state index in [1.54, 1.807) is 30.3 Å². The maximum absolute atomic E-state index is 12.2. The molecule has 0 spiro atoms. The van der Waals surface area contributed by atoms with Gasteiger partial charge in [-0.15, -0.1) is 6.58 Å².